The lowest BCUT2D eigenvalue weighted by atomic mass is 9.98. The highest BCUT2D eigenvalue weighted by atomic mass is 16.5. The molecule has 5 nitrogen and oxygen atoms in total. The van der Waals surface area contributed by atoms with Crippen LogP contribution in [-0.4, -0.2) is 24.0 Å². The molecule has 1 rings (SSSR count). The van der Waals surface area contributed by atoms with Gasteiger partial charge in [-0.25, -0.2) is 0 Å². The van der Waals surface area contributed by atoms with Crippen LogP contribution in [0.2, 0.25) is 0 Å². The van der Waals surface area contributed by atoms with E-state index < -0.39 is 17.9 Å². The van der Waals surface area contributed by atoms with Gasteiger partial charge in [0.25, 0.3) is 0 Å². The second-order valence-corrected chi connectivity index (χ2v) is 3.96. The molecule has 5 heteroatoms. The molecule has 1 saturated carbocycles. The van der Waals surface area contributed by atoms with Gasteiger partial charge in [-0.3, -0.25) is 9.59 Å². The normalized spacial score (nSPS) is 19.5. The van der Waals surface area contributed by atoms with E-state index in [2.05, 4.69) is 0 Å². The molecular formula is C10H18N2O3. The first-order chi connectivity index (χ1) is 7.09. The summed E-state index contributed by atoms with van der Waals surface area (Å²) >= 11 is 0. The SMILES string of the molecule is NC(=O)[C@@H](N)CC(=O)OC1CCCCC1. The summed E-state index contributed by atoms with van der Waals surface area (Å²) in [6.07, 6.45) is 5.11. The van der Waals surface area contributed by atoms with Crippen LogP contribution < -0.4 is 11.5 Å². The summed E-state index contributed by atoms with van der Waals surface area (Å²) in [6, 6.07) is -0.930. The van der Waals surface area contributed by atoms with Crippen molar-refractivity contribution in [1.82, 2.24) is 0 Å². The lowest BCUT2D eigenvalue weighted by Gasteiger charge is -2.22. The van der Waals surface area contributed by atoms with Crippen LogP contribution in [0, 0.1) is 0 Å². The van der Waals surface area contributed by atoms with Gasteiger partial charge in [0.15, 0.2) is 0 Å². The molecule has 0 unspecified atom stereocenters. The third kappa shape index (κ3) is 4.29. The molecule has 4 N–H and O–H groups in total. The van der Waals surface area contributed by atoms with E-state index >= 15 is 0 Å². The predicted octanol–water partition coefficient (Wildman–Crippen LogP) is 0.0650. The molecule has 1 atom stereocenters. The van der Waals surface area contributed by atoms with E-state index in [1.54, 1.807) is 0 Å². The smallest absolute Gasteiger partial charge is 0.308 e. The third-order valence-corrected chi connectivity index (χ3v) is 2.60. The van der Waals surface area contributed by atoms with Gasteiger partial charge >= 0.3 is 5.97 Å². The van der Waals surface area contributed by atoms with Gasteiger partial charge in [-0.1, -0.05) is 6.42 Å². The molecule has 0 aromatic carbocycles. The van der Waals surface area contributed by atoms with E-state index in [9.17, 15) is 9.59 Å². The van der Waals surface area contributed by atoms with Gasteiger partial charge in [-0.15, -0.1) is 0 Å². The highest BCUT2D eigenvalue weighted by Gasteiger charge is 2.20. The Balaban J connectivity index is 2.25. The molecule has 1 fully saturated rings. The van der Waals surface area contributed by atoms with Crippen molar-refractivity contribution in [3.8, 4) is 0 Å². The minimum absolute atomic E-state index is 0.00586. The number of carbonyl (C=O) groups excluding carboxylic acids is 2. The maximum atomic E-state index is 11.3. The molecule has 0 heterocycles. The van der Waals surface area contributed by atoms with E-state index in [0.29, 0.717) is 0 Å². The zero-order valence-corrected chi connectivity index (χ0v) is 8.78. The van der Waals surface area contributed by atoms with Crippen LogP contribution in [-0.2, 0) is 14.3 Å². The van der Waals surface area contributed by atoms with Crippen molar-refractivity contribution >= 4 is 11.9 Å². The van der Waals surface area contributed by atoms with Crippen LogP contribution in [0.1, 0.15) is 38.5 Å². The molecule has 0 spiro atoms. The molecule has 86 valence electrons. The summed E-state index contributed by atoms with van der Waals surface area (Å²) in [5.41, 5.74) is 10.3. The molecule has 1 amide bonds. The molecule has 0 bridgehead atoms. The highest BCUT2D eigenvalue weighted by Crippen LogP contribution is 2.20. The molecule has 1 aliphatic carbocycles. The number of nitrogens with two attached hydrogens (primary N) is 2. The maximum Gasteiger partial charge on any atom is 0.308 e. The summed E-state index contributed by atoms with van der Waals surface area (Å²) in [7, 11) is 0. The fourth-order valence-electron chi connectivity index (χ4n) is 1.70. The molecule has 0 aliphatic heterocycles. The number of hydrogen-bond donors (Lipinski definition) is 2. The molecule has 0 aromatic heterocycles. The summed E-state index contributed by atoms with van der Waals surface area (Å²) in [5.74, 6) is -1.09. The quantitative estimate of drug-likeness (QED) is 0.647. The molecule has 1 aliphatic rings. The Kier molecular flexibility index (Phi) is 4.55. The topological polar surface area (TPSA) is 95.4 Å². The van der Waals surface area contributed by atoms with Crippen LogP contribution in [0.5, 0.6) is 0 Å². The number of esters is 1. The monoisotopic (exact) mass is 214 g/mol. The number of hydrogen-bond acceptors (Lipinski definition) is 4. The zero-order valence-electron chi connectivity index (χ0n) is 8.78. The van der Waals surface area contributed by atoms with Gasteiger partial charge in [-0.2, -0.15) is 0 Å². The van der Waals surface area contributed by atoms with Crippen LogP contribution in [0.4, 0.5) is 0 Å². The molecule has 0 saturated heterocycles. The van der Waals surface area contributed by atoms with Crippen molar-refractivity contribution in [1.29, 1.82) is 0 Å². The van der Waals surface area contributed by atoms with E-state index in [1.807, 2.05) is 0 Å². The standard InChI is InChI=1S/C10H18N2O3/c11-8(10(12)14)6-9(13)15-7-4-2-1-3-5-7/h7-8H,1-6,11H2,(H2,12,14)/t8-/m0/s1. The van der Waals surface area contributed by atoms with Crippen molar-refractivity contribution in [3.63, 3.8) is 0 Å². The largest absolute Gasteiger partial charge is 0.462 e. The van der Waals surface area contributed by atoms with Crippen molar-refractivity contribution in [2.24, 2.45) is 11.5 Å². The van der Waals surface area contributed by atoms with Crippen LogP contribution in [0.3, 0.4) is 0 Å². The van der Waals surface area contributed by atoms with Crippen LogP contribution in [0.15, 0.2) is 0 Å². The maximum absolute atomic E-state index is 11.3. The lowest BCUT2D eigenvalue weighted by molar-refractivity contribution is -0.151. The van der Waals surface area contributed by atoms with E-state index in [0.717, 1.165) is 25.7 Å². The first-order valence-corrected chi connectivity index (χ1v) is 5.34. The summed E-state index contributed by atoms with van der Waals surface area (Å²) in [5, 5.41) is 0. The Bertz CT molecular complexity index is 237. The van der Waals surface area contributed by atoms with E-state index in [-0.39, 0.29) is 12.5 Å². The van der Waals surface area contributed by atoms with Gasteiger partial charge < -0.3 is 16.2 Å². The Morgan fingerprint density at radius 2 is 1.87 bits per heavy atom. The van der Waals surface area contributed by atoms with Crippen molar-refractivity contribution < 1.29 is 14.3 Å². The summed E-state index contributed by atoms with van der Waals surface area (Å²) in [6.45, 7) is 0. The number of ether oxygens (including phenoxy) is 1. The number of rotatable bonds is 4. The van der Waals surface area contributed by atoms with Crippen molar-refractivity contribution in [2.75, 3.05) is 0 Å². The van der Waals surface area contributed by atoms with E-state index in [1.165, 1.54) is 6.42 Å². The Hall–Kier alpha value is -1.10. The first kappa shape index (κ1) is 12.0. The van der Waals surface area contributed by atoms with E-state index in [4.69, 9.17) is 16.2 Å². The van der Waals surface area contributed by atoms with Gasteiger partial charge in [-0.05, 0) is 25.7 Å². The molecule has 0 radical (unpaired) electrons. The number of carbonyl (C=O) groups is 2. The van der Waals surface area contributed by atoms with Crippen molar-refractivity contribution in [3.05, 3.63) is 0 Å². The molecule has 0 aromatic rings. The third-order valence-electron chi connectivity index (χ3n) is 2.60. The molecule has 15 heavy (non-hydrogen) atoms. The average molecular weight is 214 g/mol. The fourth-order valence-corrected chi connectivity index (χ4v) is 1.70. The van der Waals surface area contributed by atoms with Gasteiger partial charge in [0.2, 0.25) is 5.91 Å². The molecular weight excluding hydrogens is 196 g/mol. The first-order valence-electron chi connectivity index (χ1n) is 5.34. The van der Waals surface area contributed by atoms with Crippen LogP contribution in [0.25, 0.3) is 0 Å². The Morgan fingerprint density at radius 1 is 1.27 bits per heavy atom. The van der Waals surface area contributed by atoms with Crippen molar-refractivity contribution in [2.45, 2.75) is 50.7 Å². The minimum atomic E-state index is -0.930. The highest BCUT2D eigenvalue weighted by molar-refractivity contribution is 5.85. The van der Waals surface area contributed by atoms with Gasteiger partial charge in [0.1, 0.15) is 6.10 Å². The predicted molar refractivity (Wildman–Crippen MR) is 54.8 cm³/mol. The Morgan fingerprint density at radius 3 is 2.40 bits per heavy atom. The average Bonchev–Trinajstić information content (AvgIpc) is 2.18. The second-order valence-electron chi connectivity index (χ2n) is 3.96. The summed E-state index contributed by atoms with van der Waals surface area (Å²) in [4.78, 5) is 21.9. The fraction of sp³-hybridized carbons (Fsp3) is 0.800. The Labute approximate surface area is 89.1 Å². The lowest BCUT2D eigenvalue weighted by Crippen LogP contribution is -2.39. The second kappa shape index (κ2) is 5.70. The summed E-state index contributed by atoms with van der Waals surface area (Å²) < 4.78 is 5.19. The minimum Gasteiger partial charge on any atom is -0.462 e. The van der Waals surface area contributed by atoms with Gasteiger partial charge in [0.05, 0.1) is 12.5 Å². The zero-order chi connectivity index (χ0) is 11.3. The number of primary amides is 1. The van der Waals surface area contributed by atoms with Crippen LogP contribution >= 0.6 is 0 Å². The number of amides is 1. The van der Waals surface area contributed by atoms with Gasteiger partial charge in [0, 0.05) is 0 Å².